The molecule has 18 heavy (non-hydrogen) atoms. The lowest BCUT2D eigenvalue weighted by Gasteiger charge is -2.05. The number of nitrogens with two attached hydrogens (primary N) is 2. The number of hydrogen-bond donors (Lipinski definition) is 2. The second-order valence-electron chi connectivity index (χ2n) is 3.64. The van der Waals surface area contributed by atoms with Gasteiger partial charge >= 0.3 is 5.97 Å². The van der Waals surface area contributed by atoms with E-state index in [1.54, 1.807) is 30.0 Å². The molecule has 0 aliphatic carbocycles. The molecule has 0 amide bonds. The molecule has 4 N–H and O–H groups in total. The van der Waals surface area contributed by atoms with E-state index >= 15 is 0 Å². The van der Waals surface area contributed by atoms with E-state index in [2.05, 4.69) is 5.10 Å². The van der Waals surface area contributed by atoms with E-state index < -0.39 is 5.97 Å². The van der Waals surface area contributed by atoms with Crippen LogP contribution < -0.4 is 11.5 Å². The zero-order valence-corrected chi connectivity index (χ0v) is 10.5. The van der Waals surface area contributed by atoms with Crippen LogP contribution in [0.5, 0.6) is 0 Å². The van der Waals surface area contributed by atoms with Gasteiger partial charge in [0, 0.05) is 6.20 Å². The minimum atomic E-state index is -0.459. The van der Waals surface area contributed by atoms with Crippen LogP contribution in [0.3, 0.4) is 0 Å². The summed E-state index contributed by atoms with van der Waals surface area (Å²) in [6.07, 6.45) is 8.39. The Balaban J connectivity index is 2.86. The maximum atomic E-state index is 11.6. The van der Waals surface area contributed by atoms with Gasteiger partial charge in [-0.2, -0.15) is 5.10 Å². The molecule has 0 aliphatic rings. The van der Waals surface area contributed by atoms with Gasteiger partial charge < -0.3 is 16.2 Å². The Hall–Kier alpha value is -2.24. The van der Waals surface area contributed by atoms with E-state index in [-0.39, 0.29) is 17.4 Å². The molecule has 0 fully saturated rings. The molecule has 0 aromatic carbocycles. The fourth-order valence-electron chi connectivity index (χ4n) is 1.36. The Morgan fingerprint density at radius 1 is 1.61 bits per heavy atom. The third kappa shape index (κ3) is 3.38. The molecule has 1 aromatic rings. The Morgan fingerprint density at radius 3 is 2.94 bits per heavy atom. The van der Waals surface area contributed by atoms with Crippen LogP contribution in [0, 0.1) is 0 Å². The molecule has 0 saturated heterocycles. The lowest BCUT2D eigenvalue weighted by Crippen LogP contribution is -2.06. The van der Waals surface area contributed by atoms with Crippen molar-refractivity contribution in [3.8, 4) is 0 Å². The number of aromatic nitrogens is 2. The Bertz CT molecular complexity index is 463. The summed E-state index contributed by atoms with van der Waals surface area (Å²) < 4.78 is 6.48. The molecule has 0 radical (unpaired) electrons. The van der Waals surface area contributed by atoms with Crippen LogP contribution in [0.4, 0.5) is 5.82 Å². The summed E-state index contributed by atoms with van der Waals surface area (Å²) in [5.41, 5.74) is 11.2. The normalized spacial score (nSPS) is 13.2. The molecule has 1 aromatic heterocycles. The smallest absolute Gasteiger partial charge is 0.343 e. The molecule has 0 spiro atoms. The average molecular weight is 250 g/mol. The SMILES string of the molecule is CCOC(=O)c1cn(C(C)/C=C\C=C/N)nc1N. The van der Waals surface area contributed by atoms with E-state index in [0.717, 1.165) is 0 Å². The van der Waals surface area contributed by atoms with Crippen molar-refractivity contribution in [3.63, 3.8) is 0 Å². The van der Waals surface area contributed by atoms with E-state index in [0.29, 0.717) is 6.61 Å². The summed E-state index contributed by atoms with van der Waals surface area (Å²) in [6.45, 7) is 3.96. The van der Waals surface area contributed by atoms with Crippen LogP contribution in [0.25, 0.3) is 0 Å². The van der Waals surface area contributed by atoms with Gasteiger partial charge in [-0.05, 0) is 26.1 Å². The maximum Gasteiger partial charge on any atom is 0.343 e. The van der Waals surface area contributed by atoms with Crippen LogP contribution in [0.1, 0.15) is 30.2 Å². The van der Waals surface area contributed by atoms with E-state index in [1.807, 2.05) is 13.0 Å². The number of nitrogen functional groups attached to an aromatic ring is 1. The predicted molar refractivity (Wildman–Crippen MR) is 69.8 cm³/mol. The van der Waals surface area contributed by atoms with Gasteiger partial charge in [0.2, 0.25) is 0 Å². The number of carbonyl (C=O) groups is 1. The zero-order chi connectivity index (χ0) is 13.5. The highest BCUT2D eigenvalue weighted by Gasteiger charge is 2.16. The molecular formula is C12H18N4O2. The lowest BCUT2D eigenvalue weighted by molar-refractivity contribution is 0.0527. The van der Waals surface area contributed by atoms with Gasteiger partial charge in [0.1, 0.15) is 5.56 Å². The van der Waals surface area contributed by atoms with Gasteiger partial charge in [-0.3, -0.25) is 4.68 Å². The predicted octanol–water partition coefficient (Wildman–Crippen LogP) is 1.23. The lowest BCUT2D eigenvalue weighted by atomic mass is 10.3. The Labute approximate surface area is 106 Å². The molecular weight excluding hydrogens is 232 g/mol. The summed E-state index contributed by atoms with van der Waals surface area (Å²) in [6, 6.07) is -0.0355. The zero-order valence-electron chi connectivity index (χ0n) is 10.5. The number of allylic oxidation sites excluding steroid dienone is 3. The topological polar surface area (TPSA) is 96.2 Å². The minimum Gasteiger partial charge on any atom is -0.462 e. The standard InChI is InChI=1S/C12H18N4O2/c1-3-18-12(17)10-8-16(15-11(10)14)9(2)6-4-5-7-13/h4-9H,3,13H2,1-2H3,(H2,14,15)/b6-4-,7-5-. The van der Waals surface area contributed by atoms with Crippen LogP contribution in [-0.2, 0) is 4.74 Å². The molecule has 0 saturated carbocycles. The summed E-state index contributed by atoms with van der Waals surface area (Å²) in [5.74, 6) is -0.289. The summed E-state index contributed by atoms with van der Waals surface area (Å²) in [7, 11) is 0. The van der Waals surface area contributed by atoms with Crippen molar-refractivity contribution in [2.24, 2.45) is 5.73 Å². The number of carbonyl (C=O) groups excluding carboxylic acids is 1. The highest BCUT2D eigenvalue weighted by Crippen LogP contribution is 2.15. The van der Waals surface area contributed by atoms with Gasteiger partial charge in [0.25, 0.3) is 0 Å². The molecule has 98 valence electrons. The van der Waals surface area contributed by atoms with E-state index in [1.165, 1.54) is 6.20 Å². The summed E-state index contributed by atoms with van der Waals surface area (Å²) >= 11 is 0. The number of hydrogen-bond acceptors (Lipinski definition) is 5. The number of ether oxygens (including phenoxy) is 1. The average Bonchev–Trinajstić information content (AvgIpc) is 2.72. The third-order valence-electron chi connectivity index (χ3n) is 2.28. The highest BCUT2D eigenvalue weighted by atomic mass is 16.5. The molecule has 1 heterocycles. The van der Waals surface area contributed by atoms with Crippen molar-refractivity contribution in [3.05, 3.63) is 36.2 Å². The Kier molecular flexibility index (Phi) is 4.98. The molecule has 0 aliphatic heterocycles. The largest absolute Gasteiger partial charge is 0.462 e. The van der Waals surface area contributed by atoms with Crippen LogP contribution in [0.15, 0.2) is 30.6 Å². The summed E-state index contributed by atoms with van der Waals surface area (Å²) in [4.78, 5) is 11.6. The number of esters is 1. The number of anilines is 1. The Morgan fingerprint density at radius 2 is 2.33 bits per heavy atom. The van der Waals surface area contributed by atoms with Crippen molar-refractivity contribution < 1.29 is 9.53 Å². The van der Waals surface area contributed by atoms with Gasteiger partial charge in [-0.1, -0.05) is 12.2 Å². The molecule has 1 rings (SSSR count). The summed E-state index contributed by atoms with van der Waals surface area (Å²) in [5, 5.41) is 4.08. The van der Waals surface area contributed by atoms with Crippen LogP contribution >= 0.6 is 0 Å². The first-order chi connectivity index (χ1) is 8.60. The maximum absolute atomic E-state index is 11.6. The van der Waals surface area contributed by atoms with Crippen LogP contribution in [-0.4, -0.2) is 22.4 Å². The first-order valence-corrected chi connectivity index (χ1v) is 5.67. The van der Waals surface area contributed by atoms with E-state index in [4.69, 9.17) is 16.2 Å². The van der Waals surface area contributed by atoms with Crippen molar-refractivity contribution in [2.75, 3.05) is 12.3 Å². The molecule has 1 unspecified atom stereocenters. The minimum absolute atomic E-state index is 0.0355. The van der Waals surface area contributed by atoms with Crippen molar-refractivity contribution in [2.45, 2.75) is 19.9 Å². The second kappa shape index (κ2) is 6.48. The molecule has 1 atom stereocenters. The van der Waals surface area contributed by atoms with Gasteiger partial charge in [-0.25, -0.2) is 4.79 Å². The van der Waals surface area contributed by atoms with Crippen molar-refractivity contribution >= 4 is 11.8 Å². The van der Waals surface area contributed by atoms with Gasteiger partial charge in [0.15, 0.2) is 5.82 Å². The first-order valence-electron chi connectivity index (χ1n) is 5.67. The quantitative estimate of drug-likeness (QED) is 0.605. The van der Waals surface area contributed by atoms with Gasteiger partial charge in [-0.15, -0.1) is 0 Å². The van der Waals surface area contributed by atoms with Gasteiger partial charge in [0.05, 0.1) is 12.6 Å². The second-order valence-corrected chi connectivity index (χ2v) is 3.64. The number of nitrogens with zero attached hydrogens (tertiary/aromatic N) is 2. The van der Waals surface area contributed by atoms with Crippen molar-refractivity contribution in [1.82, 2.24) is 9.78 Å². The third-order valence-corrected chi connectivity index (χ3v) is 2.28. The molecule has 6 nitrogen and oxygen atoms in total. The molecule has 6 heteroatoms. The van der Waals surface area contributed by atoms with Crippen molar-refractivity contribution in [1.29, 1.82) is 0 Å². The van der Waals surface area contributed by atoms with Crippen LogP contribution in [0.2, 0.25) is 0 Å². The van der Waals surface area contributed by atoms with E-state index in [9.17, 15) is 4.79 Å². The first kappa shape index (κ1) is 13.8. The monoisotopic (exact) mass is 250 g/mol. The molecule has 0 bridgehead atoms. The fourth-order valence-corrected chi connectivity index (χ4v) is 1.36. The fraction of sp³-hybridized carbons (Fsp3) is 0.333. The number of rotatable bonds is 5. The highest BCUT2D eigenvalue weighted by molar-refractivity contribution is 5.93.